The second-order valence-electron chi connectivity index (χ2n) is 10.1. The number of nitrogens with one attached hydrogen (secondary N) is 1. The number of nitrogens with zero attached hydrogens (tertiary/aromatic N) is 6. The fourth-order valence-electron chi connectivity index (χ4n) is 5.17. The van der Waals surface area contributed by atoms with Gasteiger partial charge in [-0.1, -0.05) is 36.4 Å². The SMILES string of the molecule is Cc1cc2nnc(C(=O)N3CCC(c4nc(C(=O)NC(C)c5ccc6ccccc6c5)cs4)CC3)c(C)n2n1. The Morgan fingerprint density at radius 3 is 2.59 bits per heavy atom. The van der Waals surface area contributed by atoms with Crippen LogP contribution in [0.3, 0.4) is 0 Å². The topological polar surface area (TPSA) is 105 Å². The van der Waals surface area contributed by atoms with E-state index in [1.807, 2.05) is 49.3 Å². The minimum atomic E-state index is -0.177. The first kappa shape index (κ1) is 25.1. The zero-order chi connectivity index (χ0) is 27.1. The number of thiazole rings is 1. The summed E-state index contributed by atoms with van der Waals surface area (Å²) in [7, 11) is 0. The highest BCUT2D eigenvalue weighted by Crippen LogP contribution is 2.31. The number of likely N-dealkylation sites (tertiary alicyclic amines) is 1. The van der Waals surface area contributed by atoms with Crippen molar-refractivity contribution >= 4 is 39.6 Å². The van der Waals surface area contributed by atoms with Crippen molar-refractivity contribution in [2.24, 2.45) is 0 Å². The summed E-state index contributed by atoms with van der Waals surface area (Å²) in [5.74, 6) is -0.0959. The molecule has 0 bridgehead atoms. The number of amides is 2. The summed E-state index contributed by atoms with van der Waals surface area (Å²) in [6, 6.07) is 16.1. The molecule has 1 atom stereocenters. The monoisotopic (exact) mass is 539 g/mol. The molecular weight excluding hydrogens is 510 g/mol. The summed E-state index contributed by atoms with van der Waals surface area (Å²) < 4.78 is 1.67. The normalized spacial score (nSPS) is 15.1. The molecule has 5 aromatic rings. The van der Waals surface area contributed by atoms with E-state index >= 15 is 0 Å². The first-order valence-corrected chi connectivity index (χ1v) is 14.0. The molecule has 1 fully saturated rings. The van der Waals surface area contributed by atoms with Gasteiger partial charge >= 0.3 is 0 Å². The standard InChI is InChI=1S/C29H29N7O2S/c1-17-14-25-32-33-26(19(3)36(25)34-17)29(38)35-12-10-21(11-13-35)28-31-24(16-39-28)27(37)30-18(2)22-9-8-20-6-4-5-7-23(20)15-22/h4-9,14-16,18,21H,10-13H2,1-3H3,(H,30,37). The number of rotatable bonds is 5. The van der Waals surface area contributed by atoms with E-state index in [-0.39, 0.29) is 23.8 Å². The Morgan fingerprint density at radius 2 is 1.79 bits per heavy atom. The van der Waals surface area contributed by atoms with Gasteiger partial charge in [0.1, 0.15) is 5.69 Å². The summed E-state index contributed by atoms with van der Waals surface area (Å²) >= 11 is 1.51. The summed E-state index contributed by atoms with van der Waals surface area (Å²) in [5.41, 5.74) is 3.98. The molecule has 2 aromatic carbocycles. The van der Waals surface area contributed by atoms with Gasteiger partial charge in [0.15, 0.2) is 11.3 Å². The van der Waals surface area contributed by atoms with Gasteiger partial charge in [-0.05, 0) is 56.0 Å². The number of aromatic nitrogens is 5. The van der Waals surface area contributed by atoms with Crippen LogP contribution in [-0.2, 0) is 0 Å². The molecule has 0 saturated carbocycles. The highest BCUT2D eigenvalue weighted by Gasteiger charge is 2.29. The van der Waals surface area contributed by atoms with Gasteiger partial charge in [0.25, 0.3) is 11.8 Å². The van der Waals surface area contributed by atoms with Crippen molar-refractivity contribution in [2.45, 2.75) is 45.6 Å². The highest BCUT2D eigenvalue weighted by atomic mass is 32.1. The lowest BCUT2D eigenvalue weighted by atomic mass is 9.97. The number of carbonyl (C=O) groups excluding carboxylic acids is 2. The summed E-state index contributed by atoms with van der Waals surface area (Å²) in [4.78, 5) is 32.7. The summed E-state index contributed by atoms with van der Waals surface area (Å²) in [5, 5.41) is 21.0. The third kappa shape index (κ3) is 4.87. The summed E-state index contributed by atoms with van der Waals surface area (Å²) in [6.07, 6.45) is 1.56. The number of carbonyl (C=O) groups is 2. The molecule has 4 heterocycles. The maximum atomic E-state index is 13.2. The molecule has 198 valence electrons. The lowest BCUT2D eigenvalue weighted by Crippen LogP contribution is -2.39. The first-order valence-electron chi connectivity index (χ1n) is 13.1. The molecule has 0 aliphatic carbocycles. The van der Waals surface area contributed by atoms with Crippen LogP contribution in [0.1, 0.15) is 74.7 Å². The molecular formula is C29H29N7O2S. The molecule has 0 spiro atoms. The van der Waals surface area contributed by atoms with Crippen molar-refractivity contribution in [3.05, 3.63) is 87.3 Å². The van der Waals surface area contributed by atoms with Gasteiger partial charge in [-0.3, -0.25) is 9.59 Å². The molecule has 6 rings (SSSR count). The van der Waals surface area contributed by atoms with Crippen molar-refractivity contribution < 1.29 is 9.59 Å². The molecule has 2 amide bonds. The lowest BCUT2D eigenvalue weighted by molar-refractivity contribution is 0.0704. The van der Waals surface area contributed by atoms with Crippen molar-refractivity contribution in [2.75, 3.05) is 13.1 Å². The number of fused-ring (bicyclic) bond motifs is 2. The molecule has 1 aliphatic rings. The van der Waals surface area contributed by atoms with Gasteiger partial charge in [-0.15, -0.1) is 21.5 Å². The Labute approximate surface area is 229 Å². The van der Waals surface area contributed by atoms with Crippen LogP contribution in [0.15, 0.2) is 53.9 Å². The van der Waals surface area contributed by atoms with Crippen LogP contribution in [0.25, 0.3) is 16.4 Å². The van der Waals surface area contributed by atoms with Crippen LogP contribution >= 0.6 is 11.3 Å². The second kappa shape index (κ2) is 10.2. The van der Waals surface area contributed by atoms with Crippen LogP contribution in [0.2, 0.25) is 0 Å². The molecule has 1 saturated heterocycles. The zero-order valence-electron chi connectivity index (χ0n) is 22.1. The molecule has 10 heteroatoms. The van der Waals surface area contributed by atoms with Gasteiger partial charge in [-0.2, -0.15) is 5.10 Å². The quantitative estimate of drug-likeness (QED) is 0.342. The molecule has 3 aromatic heterocycles. The maximum Gasteiger partial charge on any atom is 0.276 e. The van der Waals surface area contributed by atoms with Crippen LogP contribution in [-0.4, -0.2) is 54.6 Å². The van der Waals surface area contributed by atoms with Crippen molar-refractivity contribution in [3.63, 3.8) is 0 Å². The van der Waals surface area contributed by atoms with Gasteiger partial charge in [0.2, 0.25) is 0 Å². The van der Waals surface area contributed by atoms with Crippen LogP contribution in [0.4, 0.5) is 0 Å². The third-order valence-corrected chi connectivity index (χ3v) is 8.44. The van der Waals surface area contributed by atoms with Crippen molar-refractivity contribution in [1.29, 1.82) is 0 Å². The smallest absolute Gasteiger partial charge is 0.276 e. The Kier molecular flexibility index (Phi) is 6.56. The summed E-state index contributed by atoms with van der Waals surface area (Å²) in [6.45, 7) is 6.91. The minimum absolute atomic E-state index is 0.129. The average molecular weight is 540 g/mol. The van der Waals surface area contributed by atoms with Gasteiger partial charge in [0.05, 0.1) is 22.4 Å². The number of aryl methyl sites for hydroxylation is 2. The molecule has 9 nitrogen and oxygen atoms in total. The highest BCUT2D eigenvalue weighted by molar-refractivity contribution is 7.09. The fourth-order valence-corrected chi connectivity index (χ4v) is 6.14. The van der Waals surface area contributed by atoms with E-state index < -0.39 is 0 Å². The minimum Gasteiger partial charge on any atom is -0.344 e. The first-order chi connectivity index (χ1) is 18.9. The number of hydrogen-bond acceptors (Lipinski definition) is 7. The average Bonchev–Trinajstić information content (AvgIpc) is 3.60. The maximum absolute atomic E-state index is 13.2. The van der Waals surface area contributed by atoms with E-state index in [0.29, 0.717) is 35.8 Å². The largest absolute Gasteiger partial charge is 0.344 e. The zero-order valence-corrected chi connectivity index (χ0v) is 22.9. The van der Waals surface area contributed by atoms with E-state index in [0.717, 1.165) is 34.5 Å². The van der Waals surface area contributed by atoms with E-state index in [1.54, 1.807) is 4.52 Å². The molecule has 1 N–H and O–H groups in total. The predicted molar refractivity (Wildman–Crippen MR) is 150 cm³/mol. The number of benzene rings is 2. The number of hydrogen-bond donors (Lipinski definition) is 1. The van der Waals surface area contributed by atoms with Crippen molar-refractivity contribution in [1.82, 2.24) is 35.0 Å². The Hall–Kier alpha value is -4.18. The molecule has 0 radical (unpaired) electrons. The van der Waals surface area contributed by atoms with E-state index in [1.165, 1.54) is 16.7 Å². The second-order valence-corrected chi connectivity index (χ2v) is 11.0. The van der Waals surface area contributed by atoms with Crippen LogP contribution in [0, 0.1) is 13.8 Å². The van der Waals surface area contributed by atoms with Gasteiger partial charge in [0, 0.05) is 30.5 Å². The van der Waals surface area contributed by atoms with E-state index in [4.69, 9.17) is 0 Å². The van der Waals surface area contributed by atoms with Crippen molar-refractivity contribution in [3.8, 4) is 0 Å². The van der Waals surface area contributed by atoms with Gasteiger partial charge < -0.3 is 10.2 Å². The van der Waals surface area contributed by atoms with Crippen LogP contribution in [0.5, 0.6) is 0 Å². The third-order valence-electron chi connectivity index (χ3n) is 7.44. The molecule has 1 aliphatic heterocycles. The Balaban J connectivity index is 1.08. The Morgan fingerprint density at radius 1 is 1.03 bits per heavy atom. The van der Waals surface area contributed by atoms with Gasteiger partial charge in [-0.25, -0.2) is 9.50 Å². The number of piperidine rings is 1. The Bertz CT molecular complexity index is 1700. The predicted octanol–water partition coefficient (Wildman–Crippen LogP) is 4.86. The fraction of sp³-hybridized carbons (Fsp3) is 0.310. The lowest BCUT2D eigenvalue weighted by Gasteiger charge is -2.31. The van der Waals surface area contributed by atoms with E-state index in [2.05, 4.69) is 55.9 Å². The molecule has 39 heavy (non-hydrogen) atoms. The molecule has 1 unspecified atom stereocenters. The van der Waals surface area contributed by atoms with E-state index in [9.17, 15) is 9.59 Å². The van der Waals surface area contributed by atoms with Crippen LogP contribution < -0.4 is 5.32 Å².